The summed E-state index contributed by atoms with van der Waals surface area (Å²) in [7, 11) is 1.87. The number of nitrogens with zero attached hydrogens (tertiary/aromatic N) is 1. The van der Waals surface area contributed by atoms with E-state index in [0.717, 1.165) is 0 Å². The number of Topliss-reactive ketones (excluding diaryl/α,β-unsaturated/α-hetero) is 1. The lowest BCUT2D eigenvalue weighted by molar-refractivity contribution is -0.111. The number of aliphatic hydroxyl groups excluding tert-OH is 1. The van der Waals surface area contributed by atoms with Crippen LogP contribution in [-0.4, -0.2) is 41.5 Å². The zero-order valence-corrected chi connectivity index (χ0v) is 8.72. The second-order valence-electron chi connectivity index (χ2n) is 3.51. The maximum absolute atomic E-state index is 10.6. The van der Waals surface area contributed by atoms with Crippen molar-refractivity contribution in [2.24, 2.45) is 0 Å². The van der Waals surface area contributed by atoms with Crippen LogP contribution in [-0.2, 0) is 4.79 Å². The molecule has 0 aliphatic rings. The molecule has 13 heavy (non-hydrogen) atoms. The molecule has 0 spiro atoms. The van der Waals surface area contributed by atoms with Crippen LogP contribution < -0.4 is 0 Å². The van der Waals surface area contributed by atoms with Crippen LogP contribution in [0.25, 0.3) is 0 Å². The van der Waals surface area contributed by atoms with E-state index in [9.17, 15) is 4.79 Å². The van der Waals surface area contributed by atoms with E-state index >= 15 is 0 Å². The topological polar surface area (TPSA) is 40.5 Å². The van der Waals surface area contributed by atoms with E-state index in [1.165, 1.54) is 6.92 Å². The van der Waals surface area contributed by atoms with Gasteiger partial charge in [0.1, 0.15) is 0 Å². The number of β-amino-alcohol motifs (C(OH)–C–C–N with tert-alkyl or cyclic N) is 1. The first kappa shape index (κ1) is 12.2. The molecule has 0 fully saturated rings. The van der Waals surface area contributed by atoms with Gasteiger partial charge in [-0.1, -0.05) is 5.92 Å². The Morgan fingerprint density at radius 3 is 2.46 bits per heavy atom. The van der Waals surface area contributed by atoms with Crippen LogP contribution >= 0.6 is 0 Å². The van der Waals surface area contributed by atoms with Crippen molar-refractivity contribution in [1.82, 2.24) is 4.90 Å². The SMILES string of the molecule is CC(=O)C#CC(C)(C)N(C)CCO. The molecule has 0 heterocycles. The maximum atomic E-state index is 10.6. The van der Waals surface area contributed by atoms with Crippen LogP contribution in [0.1, 0.15) is 20.8 Å². The summed E-state index contributed by atoms with van der Waals surface area (Å²) in [6.45, 7) is 5.92. The average molecular weight is 183 g/mol. The fourth-order valence-electron chi connectivity index (χ4n) is 0.766. The van der Waals surface area contributed by atoms with E-state index in [1.807, 2.05) is 25.8 Å². The molecule has 0 unspecified atom stereocenters. The fraction of sp³-hybridized carbons (Fsp3) is 0.700. The maximum Gasteiger partial charge on any atom is 0.202 e. The molecule has 0 radical (unpaired) electrons. The second kappa shape index (κ2) is 5.00. The Bertz CT molecular complexity index is 235. The summed E-state index contributed by atoms with van der Waals surface area (Å²) < 4.78 is 0. The van der Waals surface area contributed by atoms with Gasteiger partial charge >= 0.3 is 0 Å². The van der Waals surface area contributed by atoms with Gasteiger partial charge in [0.2, 0.25) is 5.78 Å². The molecular formula is C10H17NO2. The summed E-state index contributed by atoms with van der Waals surface area (Å²) in [6, 6.07) is 0. The smallest absolute Gasteiger partial charge is 0.202 e. The van der Waals surface area contributed by atoms with Crippen LogP contribution in [0.3, 0.4) is 0 Å². The molecule has 74 valence electrons. The highest BCUT2D eigenvalue weighted by Crippen LogP contribution is 2.09. The number of likely N-dealkylation sites (N-methyl/N-ethyl adjacent to an activating group) is 1. The van der Waals surface area contributed by atoms with Gasteiger partial charge in [-0.05, 0) is 26.8 Å². The number of hydrogen-bond donors (Lipinski definition) is 1. The van der Waals surface area contributed by atoms with Crippen molar-refractivity contribution in [1.29, 1.82) is 0 Å². The molecule has 0 aliphatic heterocycles. The molecular weight excluding hydrogens is 166 g/mol. The summed E-state index contributed by atoms with van der Waals surface area (Å²) >= 11 is 0. The number of rotatable bonds is 3. The highest BCUT2D eigenvalue weighted by molar-refractivity contribution is 5.93. The number of carbonyl (C=O) groups excluding carboxylic acids is 1. The molecule has 0 atom stereocenters. The van der Waals surface area contributed by atoms with Gasteiger partial charge in [0.15, 0.2) is 0 Å². The van der Waals surface area contributed by atoms with Crippen LogP contribution in [0.4, 0.5) is 0 Å². The van der Waals surface area contributed by atoms with Crippen molar-refractivity contribution in [3.63, 3.8) is 0 Å². The van der Waals surface area contributed by atoms with Crippen molar-refractivity contribution in [3.8, 4) is 11.8 Å². The molecule has 0 saturated carbocycles. The summed E-state index contributed by atoms with van der Waals surface area (Å²) in [5.74, 6) is 5.24. The molecule has 0 rings (SSSR count). The van der Waals surface area contributed by atoms with E-state index in [1.54, 1.807) is 0 Å². The molecule has 1 N–H and O–H groups in total. The van der Waals surface area contributed by atoms with Gasteiger partial charge in [0.05, 0.1) is 12.1 Å². The Morgan fingerprint density at radius 1 is 1.54 bits per heavy atom. The fourth-order valence-corrected chi connectivity index (χ4v) is 0.766. The highest BCUT2D eigenvalue weighted by atomic mass is 16.3. The van der Waals surface area contributed by atoms with Gasteiger partial charge in [-0.2, -0.15) is 0 Å². The quantitative estimate of drug-likeness (QED) is 0.505. The third-order valence-corrected chi connectivity index (χ3v) is 1.93. The Kier molecular flexibility index (Phi) is 4.68. The number of ketones is 1. The van der Waals surface area contributed by atoms with E-state index < -0.39 is 0 Å². The first-order valence-electron chi connectivity index (χ1n) is 4.26. The molecule has 0 aliphatic carbocycles. The molecule has 0 aromatic carbocycles. The molecule has 0 aromatic heterocycles. The van der Waals surface area contributed by atoms with Crippen molar-refractivity contribution in [2.75, 3.05) is 20.2 Å². The van der Waals surface area contributed by atoms with E-state index in [0.29, 0.717) is 6.54 Å². The van der Waals surface area contributed by atoms with Gasteiger partial charge < -0.3 is 5.11 Å². The summed E-state index contributed by atoms with van der Waals surface area (Å²) in [6.07, 6.45) is 0. The Balaban J connectivity index is 4.40. The van der Waals surface area contributed by atoms with Crippen molar-refractivity contribution in [3.05, 3.63) is 0 Å². The van der Waals surface area contributed by atoms with Gasteiger partial charge in [-0.15, -0.1) is 0 Å². The van der Waals surface area contributed by atoms with Crippen LogP contribution in [0.5, 0.6) is 0 Å². The second-order valence-corrected chi connectivity index (χ2v) is 3.51. The van der Waals surface area contributed by atoms with E-state index in [-0.39, 0.29) is 17.9 Å². The van der Waals surface area contributed by atoms with E-state index in [2.05, 4.69) is 11.8 Å². The normalized spacial score (nSPS) is 10.9. The minimum atomic E-state index is -0.367. The average Bonchev–Trinajstić information content (AvgIpc) is 2.01. The Morgan fingerprint density at radius 2 is 2.08 bits per heavy atom. The molecule has 0 aromatic rings. The molecule has 0 bridgehead atoms. The van der Waals surface area contributed by atoms with Crippen LogP contribution in [0, 0.1) is 11.8 Å². The minimum Gasteiger partial charge on any atom is -0.395 e. The summed E-state index contributed by atoms with van der Waals surface area (Å²) in [5.41, 5.74) is -0.367. The molecule has 0 saturated heterocycles. The number of aliphatic hydroxyl groups is 1. The predicted molar refractivity (Wildman–Crippen MR) is 52.3 cm³/mol. The monoisotopic (exact) mass is 183 g/mol. The van der Waals surface area contributed by atoms with Crippen LogP contribution in [0.2, 0.25) is 0 Å². The van der Waals surface area contributed by atoms with Gasteiger partial charge in [-0.3, -0.25) is 9.69 Å². The minimum absolute atomic E-state index is 0.0989. The largest absolute Gasteiger partial charge is 0.395 e. The zero-order chi connectivity index (χ0) is 10.5. The third-order valence-electron chi connectivity index (χ3n) is 1.93. The lowest BCUT2D eigenvalue weighted by atomic mass is 10.0. The van der Waals surface area contributed by atoms with Gasteiger partial charge in [0, 0.05) is 13.5 Å². The Hall–Kier alpha value is -0.850. The van der Waals surface area contributed by atoms with Gasteiger partial charge in [-0.25, -0.2) is 0 Å². The first-order valence-corrected chi connectivity index (χ1v) is 4.26. The van der Waals surface area contributed by atoms with Gasteiger partial charge in [0.25, 0.3) is 0 Å². The number of hydrogen-bond acceptors (Lipinski definition) is 3. The van der Waals surface area contributed by atoms with Crippen LogP contribution in [0.15, 0.2) is 0 Å². The molecule has 0 amide bonds. The lowest BCUT2D eigenvalue weighted by Gasteiger charge is -2.29. The van der Waals surface area contributed by atoms with E-state index in [4.69, 9.17) is 5.11 Å². The predicted octanol–water partition coefficient (Wildman–Crippen LogP) is 0.281. The molecule has 3 heteroatoms. The summed E-state index contributed by atoms with van der Waals surface area (Å²) in [4.78, 5) is 12.5. The third kappa shape index (κ3) is 4.66. The molecule has 3 nitrogen and oxygen atoms in total. The first-order chi connectivity index (χ1) is 5.90. The Labute approximate surface area is 79.7 Å². The summed E-state index contributed by atoms with van der Waals surface area (Å²) in [5, 5.41) is 8.72. The lowest BCUT2D eigenvalue weighted by Crippen LogP contribution is -2.41. The van der Waals surface area contributed by atoms with Crippen molar-refractivity contribution in [2.45, 2.75) is 26.3 Å². The van der Waals surface area contributed by atoms with Crippen molar-refractivity contribution >= 4 is 5.78 Å². The highest BCUT2D eigenvalue weighted by Gasteiger charge is 2.19. The standard InChI is InChI=1S/C10H17NO2/c1-9(13)5-6-10(2,3)11(4)7-8-12/h12H,7-8H2,1-4H3. The zero-order valence-electron chi connectivity index (χ0n) is 8.72. The number of carbonyl (C=O) groups is 1. The van der Waals surface area contributed by atoms with Crippen molar-refractivity contribution < 1.29 is 9.90 Å².